The number of anilines is 1. The smallest absolute Gasteiger partial charge is 0.261 e. The van der Waals surface area contributed by atoms with Gasteiger partial charge < -0.3 is 9.73 Å². The Labute approximate surface area is 120 Å². The first-order valence-corrected chi connectivity index (χ1v) is 6.86. The Balaban J connectivity index is 1.99. The van der Waals surface area contributed by atoms with Gasteiger partial charge in [0.05, 0.1) is 6.20 Å². The maximum Gasteiger partial charge on any atom is 0.261 e. The summed E-state index contributed by atoms with van der Waals surface area (Å²) in [6.07, 6.45) is 3.15. The van der Waals surface area contributed by atoms with E-state index in [1.807, 2.05) is 43.4 Å². The fourth-order valence-electron chi connectivity index (χ4n) is 1.67. The van der Waals surface area contributed by atoms with E-state index < -0.39 is 0 Å². The van der Waals surface area contributed by atoms with Crippen LogP contribution in [-0.2, 0) is 0 Å². The lowest BCUT2D eigenvalue weighted by Crippen LogP contribution is -1.98. The Morgan fingerprint density at radius 3 is 2.70 bits per heavy atom. The molecule has 0 unspecified atom stereocenters. The highest BCUT2D eigenvalue weighted by atomic mass is 32.2. The highest BCUT2D eigenvalue weighted by molar-refractivity contribution is 7.99. The average molecular weight is 284 g/mol. The van der Waals surface area contributed by atoms with E-state index in [0.29, 0.717) is 11.0 Å². The van der Waals surface area contributed by atoms with Crippen LogP contribution in [0.1, 0.15) is 0 Å². The highest BCUT2D eigenvalue weighted by Crippen LogP contribution is 2.28. The Hall–Kier alpha value is -2.34. The molecular weight excluding hydrogens is 272 g/mol. The van der Waals surface area contributed by atoms with Crippen molar-refractivity contribution >= 4 is 17.6 Å². The van der Waals surface area contributed by atoms with Crippen LogP contribution in [0.5, 0.6) is 0 Å². The zero-order valence-electron chi connectivity index (χ0n) is 10.8. The average Bonchev–Trinajstić information content (AvgIpc) is 3.00. The first-order valence-electron chi connectivity index (χ1n) is 6.05. The summed E-state index contributed by atoms with van der Waals surface area (Å²) in [5, 5.41) is 4.38. The molecule has 0 saturated carbocycles. The maximum atomic E-state index is 5.23. The van der Waals surface area contributed by atoms with Crippen molar-refractivity contribution in [3.8, 4) is 11.4 Å². The molecule has 0 amide bonds. The predicted molar refractivity (Wildman–Crippen MR) is 77.6 cm³/mol. The summed E-state index contributed by atoms with van der Waals surface area (Å²) in [4.78, 5) is 13.1. The molecule has 1 N–H and O–H groups in total. The molecule has 100 valence electrons. The molecule has 3 rings (SSSR count). The van der Waals surface area contributed by atoms with E-state index in [1.165, 1.54) is 11.8 Å². The molecule has 6 heteroatoms. The molecular formula is C14H12N4OS. The minimum atomic E-state index is 0.560. The lowest BCUT2D eigenvalue weighted by molar-refractivity contribution is 0.454. The number of nitrogens with zero attached hydrogens (tertiary/aromatic N) is 3. The van der Waals surface area contributed by atoms with Crippen molar-refractivity contribution in [2.45, 2.75) is 10.2 Å². The van der Waals surface area contributed by atoms with Crippen molar-refractivity contribution in [3.05, 3.63) is 48.9 Å². The molecule has 0 aliphatic heterocycles. The third-order valence-electron chi connectivity index (χ3n) is 2.59. The number of oxazole rings is 1. The third-order valence-corrected chi connectivity index (χ3v) is 3.39. The summed E-state index contributed by atoms with van der Waals surface area (Å²) in [6, 6.07) is 11.7. The molecule has 0 spiro atoms. The van der Waals surface area contributed by atoms with Crippen molar-refractivity contribution in [2.24, 2.45) is 0 Å². The predicted octanol–water partition coefficient (Wildman–Crippen LogP) is 3.32. The molecule has 3 aromatic rings. The molecule has 0 aliphatic carbocycles. The standard InChI is InChI=1S/C14H12N4OS/c1-15-11-9-12(20-14-16-7-8-19-14)18-13(17-11)10-5-3-2-4-6-10/h2-9H,1H3,(H,15,17,18). The van der Waals surface area contributed by atoms with Gasteiger partial charge in [-0.1, -0.05) is 30.3 Å². The van der Waals surface area contributed by atoms with E-state index >= 15 is 0 Å². The van der Waals surface area contributed by atoms with E-state index in [4.69, 9.17) is 4.42 Å². The van der Waals surface area contributed by atoms with Gasteiger partial charge >= 0.3 is 0 Å². The van der Waals surface area contributed by atoms with Gasteiger partial charge in [-0.2, -0.15) is 0 Å². The number of rotatable bonds is 4. The second-order valence-corrected chi connectivity index (χ2v) is 4.90. The van der Waals surface area contributed by atoms with Crippen LogP contribution in [-0.4, -0.2) is 22.0 Å². The molecule has 0 fully saturated rings. The van der Waals surface area contributed by atoms with Crippen molar-refractivity contribution in [1.29, 1.82) is 0 Å². The third kappa shape index (κ3) is 2.80. The van der Waals surface area contributed by atoms with Crippen LogP contribution in [0.4, 0.5) is 5.82 Å². The minimum Gasteiger partial charge on any atom is -0.440 e. The number of nitrogens with one attached hydrogen (secondary N) is 1. The lowest BCUT2D eigenvalue weighted by atomic mass is 10.2. The van der Waals surface area contributed by atoms with Crippen molar-refractivity contribution in [3.63, 3.8) is 0 Å². The quantitative estimate of drug-likeness (QED) is 0.741. The first kappa shape index (κ1) is 12.7. The van der Waals surface area contributed by atoms with Crippen LogP contribution in [0, 0.1) is 0 Å². The van der Waals surface area contributed by atoms with E-state index in [0.717, 1.165) is 16.4 Å². The summed E-state index contributed by atoms with van der Waals surface area (Å²) in [5.74, 6) is 1.43. The summed E-state index contributed by atoms with van der Waals surface area (Å²) >= 11 is 1.36. The largest absolute Gasteiger partial charge is 0.440 e. The van der Waals surface area contributed by atoms with Crippen molar-refractivity contribution < 1.29 is 4.42 Å². The molecule has 20 heavy (non-hydrogen) atoms. The first-order chi connectivity index (χ1) is 9.85. The Bertz CT molecular complexity index is 686. The summed E-state index contributed by atoms with van der Waals surface area (Å²) in [5.41, 5.74) is 0.971. The van der Waals surface area contributed by atoms with E-state index in [-0.39, 0.29) is 0 Å². The number of hydrogen-bond donors (Lipinski definition) is 1. The normalized spacial score (nSPS) is 10.4. The van der Waals surface area contributed by atoms with Gasteiger partial charge in [-0.15, -0.1) is 0 Å². The van der Waals surface area contributed by atoms with Gasteiger partial charge in [0.2, 0.25) is 0 Å². The van der Waals surface area contributed by atoms with Gasteiger partial charge in [0, 0.05) is 18.7 Å². The molecule has 0 atom stereocenters. The fourth-order valence-corrected chi connectivity index (χ4v) is 2.37. The molecule has 5 nitrogen and oxygen atoms in total. The van der Waals surface area contributed by atoms with Gasteiger partial charge in [-0.05, 0) is 11.8 Å². The van der Waals surface area contributed by atoms with E-state index in [2.05, 4.69) is 20.3 Å². The van der Waals surface area contributed by atoms with Gasteiger partial charge in [0.25, 0.3) is 5.22 Å². The molecule has 2 aromatic heterocycles. The molecule has 0 saturated heterocycles. The molecule has 0 bridgehead atoms. The SMILES string of the molecule is CNc1cc(Sc2ncco2)nc(-c2ccccc2)n1. The Morgan fingerprint density at radius 1 is 1.15 bits per heavy atom. The van der Waals surface area contributed by atoms with Gasteiger partial charge in [-0.3, -0.25) is 0 Å². The van der Waals surface area contributed by atoms with E-state index in [1.54, 1.807) is 12.5 Å². The second kappa shape index (κ2) is 5.75. The fraction of sp³-hybridized carbons (Fsp3) is 0.0714. The zero-order valence-corrected chi connectivity index (χ0v) is 11.6. The topological polar surface area (TPSA) is 63.8 Å². The van der Waals surface area contributed by atoms with Crippen molar-refractivity contribution in [1.82, 2.24) is 15.0 Å². The maximum absolute atomic E-state index is 5.23. The van der Waals surface area contributed by atoms with Crippen LogP contribution in [0.15, 0.2) is 63.5 Å². The van der Waals surface area contributed by atoms with Gasteiger partial charge in [0.15, 0.2) is 5.82 Å². The van der Waals surface area contributed by atoms with Crippen LogP contribution in [0.3, 0.4) is 0 Å². The van der Waals surface area contributed by atoms with Gasteiger partial charge in [-0.25, -0.2) is 15.0 Å². The minimum absolute atomic E-state index is 0.560. The zero-order chi connectivity index (χ0) is 13.8. The summed E-state index contributed by atoms with van der Waals surface area (Å²) in [6.45, 7) is 0. The molecule has 0 aliphatic rings. The monoisotopic (exact) mass is 284 g/mol. The second-order valence-electron chi connectivity index (χ2n) is 3.93. The molecule has 0 radical (unpaired) electrons. The number of aromatic nitrogens is 3. The number of hydrogen-bond acceptors (Lipinski definition) is 6. The lowest BCUT2D eigenvalue weighted by Gasteiger charge is -2.06. The van der Waals surface area contributed by atoms with Crippen LogP contribution in [0.25, 0.3) is 11.4 Å². The Morgan fingerprint density at radius 2 is 2.00 bits per heavy atom. The number of benzene rings is 1. The molecule has 2 heterocycles. The van der Waals surface area contributed by atoms with E-state index in [9.17, 15) is 0 Å². The molecule has 1 aromatic carbocycles. The summed E-state index contributed by atoms with van der Waals surface area (Å²) < 4.78 is 5.23. The summed E-state index contributed by atoms with van der Waals surface area (Å²) in [7, 11) is 1.83. The van der Waals surface area contributed by atoms with Crippen molar-refractivity contribution in [2.75, 3.05) is 12.4 Å². The Kier molecular flexibility index (Phi) is 3.64. The highest BCUT2D eigenvalue weighted by Gasteiger charge is 2.09. The van der Waals surface area contributed by atoms with Gasteiger partial charge in [0.1, 0.15) is 17.1 Å². The van der Waals surface area contributed by atoms with Crippen LogP contribution in [0.2, 0.25) is 0 Å². The van der Waals surface area contributed by atoms with Crippen LogP contribution < -0.4 is 5.32 Å². The van der Waals surface area contributed by atoms with Crippen LogP contribution >= 0.6 is 11.8 Å².